The Morgan fingerprint density at radius 3 is 2.50 bits per heavy atom. The van der Waals surface area contributed by atoms with Crippen LogP contribution >= 0.6 is 24.8 Å². The Morgan fingerprint density at radius 1 is 1.44 bits per heavy atom. The number of esters is 1. The van der Waals surface area contributed by atoms with Gasteiger partial charge < -0.3 is 10.5 Å². The van der Waals surface area contributed by atoms with E-state index in [1.54, 1.807) is 25.4 Å². The maximum Gasteiger partial charge on any atom is 0.323 e. The molecule has 0 radical (unpaired) electrons. The van der Waals surface area contributed by atoms with Crippen LogP contribution in [0.4, 0.5) is 0 Å². The topological polar surface area (TPSA) is 78.1 Å². The van der Waals surface area contributed by atoms with Crippen molar-refractivity contribution in [3.63, 3.8) is 0 Å². The summed E-state index contributed by atoms with van der Waals surface area (Å²) in [5.41, 5.74) is 5.58. The van der Waals surface area contributed by atoms with Crippen LogP contribution in [-0.4, -0.2) is 28.6 Å². The van der Waals surface area contributed by atoms with Crippen LogP contribution in [0.5, 0.6) is 0 Å². The molecular weight excluding hydrogens is 253 g/mol. The van der Waals surface area contributed by atoms with E-state index in [0.29, 0.717) is 18.9 Å². The summed E-state index contributed by atoms with van der Waals surface area (Å²) in [7, 11) is 0. The van der Waals surface area contributed by atoms with Gasteiger partial charge in [-0.25, -0.2) is 9.97 Å². The molecule has 0 saturated heterocycles. The van der Waals surface area contributed by atoms with Crippen molar-refractivity contribution in [1.29, 1.82) is 0 Å². The summed E-state index contributed by atoms with van der Waals surface area (Å²) in [4.78, 5) is 19.1. The zero-order valence-corrected chi connectivity index (χ0v) is 10.5. The fraction of sp³-hybridized carbons (Fsp3) is 0.444. The first-order chi connectivity index (χ1) is 6.74. The van der Waals surface area contributed by atoms with E-state index < -0.39 is 12.0 Å². The number of rotatable bonds is 4. The molecule has 0 aliphatic heterocycles. The highest BCUT2D eigenvalue weighted by Gasteiger charge is 2.15. The van der Waals surface area contributed by atoms with Gasteiger partial charge in [-0.1, -0.05) is 0 Å². The smallest absolute Gasteiger partial charge is 0.323 e. The molecule has 0 aliphatic carbocycles. The van der Waals surface area contributed by atoms with E-state index in [9.17, 15) is 4.79 Å². The molecule has 5 nitrogen and oxygen atoms in total. The molecule has 1 aromatic rings. The van der Waals surface area contributed by atoms with Gasteiger partial charge in [0.2, 0.25) is 0 Å². The van der Waals surface area contributed by atoms with E-state index in [-0.39, 0.29) is 24.8 Å². The predicted molar refractivity (Wildman–Crippen MR) is 64.8 cm³/mol. The first-order valence-electron chi connectivity index (χ1n) is 4.42. The summed E-state index contributed by atoms with van der Waals surface area (Å²) < 4.78 is 4.76. The van der Waals surface area contributed by atoms with Crippen molar-refractivity contribution in [2.75, 3.05) is 6.61 Å². The summed E-state index contributed by atoms with van der Waals surface area (Å²) in [6.45, 7) is 2.08. The van der Waals surface area contributed by atoms with Crippen molar-refractivity contribution in [2.45, 2.75) is 19.4 Å². The second-order valence-corrected chi connectivity index (χ2v) is 2.73. The van der Waals surface area contributed by atoms with Crippen molar-refractivity contribution in [2.24, 2.45) is 5.73 Å². The first-order valence-corrected chi connectivity index (χ1v) is 4.42. The highest BCUT2D eigenvalue weighted by Crippen LogP contribution is 1.95. The van der Waals surface area contributed by atoms with Crippen LogP contribution in [0.1, 0.15) is 12.7 Å². The zero-order valence-electron chi connectivity index (χ0n) is 8.83. The minimum Gasteiger partial charge on any atom is -0.465 e. The summed E-state index contributed by atoms with van der Waals surface area (Å²) in [5, 5.41) is 0. The lowest BCUT2D eigenvalue weighted by Gasteiger charge is -2.08. The molecule has 1 unspecified atom stereocenters. The van der Waals surface area contributed by atoms with Gasteiger partial charge in [0.15, 0.2) is 0 Å². The van der Waals surface area contributed by atoms with Crippen LogP contribution in [0.25, 0.3) is 0 Å². The molecule has 1 heterocycles. The highest BCUT2D eigenvalue weighted by molar-refractivity contribution is 5.85. The molecule has 0 bridgehead atoms. The Kier molecular flexibility index (Phi) is 10.2. The SMILES string of the molecule is CCOC(=O)C(N)Cc1ncccn1.Cl.Cl. The fourth-order valence-electron chi connectivity index (χ4n) is 0.965. The molecule has 0 aliphatic rings. The molecule has 1 atom stereocenters. The van der Waals surface area contributed by atoms with Gasteiger partial charge in [-0.3, -0.25) is 4.79 Å². The van der Waals surface area contributed by atoms with Crippen molar-refractivity contribution >= 4 is 30.8 Å². The lowest BCUT2D eigenvalue weighted by Crippen LogP contribution is -2.34. The minimum absolute atomic E-state index is 0. The first kappa shape index (κ1) is 17.5. The van der Waals surface area contributed by atoms with Crippen LogP contribution < -0.4 is 5.73 Å². The molecule has 0 amide bonds. The number of halogens is 2. The van der Waals surface area contributed by atoms with Gasteiger partial charge >= 0.3 is 5.97 Å². The number of hydrogen-bond donors (Lipinski definition) is 1. The number of carbonyl (C=O) groups excluding carboxylic acids is 1. The average molecular weight is 268 g/mol. The summed E-state index contributed by atoms with van der Waals surface area (Å²) >= 11 is 0. The van der Waals surface area contributed by atoms with E-state index in [1.807, 2.05) is 0 Å². The van der Waals surface area contributed by atoms with Gasteiger partial charge in [0.25, 0.3) is 0 Å². The summed E-state index contributed by atoms with van der Waals surface area (Å²) in [5.74, 6) is 0.132. The predicted octanol–water partition coefficient (Wildman–Crippen LogP) is 0.753. The number of nitrogens with two attached hydrogens (primary N) is 1. The van der Waals surface area contributed by atoms with Gasteiger partial charge in [0.1, 0.15) is 11.9 Å². The standard InChI is InChI=1S/C9H13N3O2.2ClH/c1-2-14-9(13)7(10)6-8-11-4-3-5-12-8;;/h3-5,7H,2,6,10H2,1H3;2*1H. The zero-order chi connectivity index (χ0) is 10.4. The van der Waals surface area contributed by atoms with Crippen LogP contribution in [0.15, 0.2) is 18.5 Å². The quantitative estimate of drug-likeness (QED) is 0.815. The van der Waals surface area contributed by atoms with E-state index in [2.05, 4.69) is 9.97 Å². The third-order valence-electron chi connectivity index (χ3n) is 1.61. The van der Waals surface area contributed by atoms with Gasteiger partial charge in [-0.15, -0.1) is 24.8 Å². The molecular formula is C9H15Cl2N3O2. The Labute approximate surface area is 107 Å². The largest absolute Gasteiger partial charge is 0.465 e. The van der Waals surface area contributed by atoms with Gasteiger partial charge in [0, 0.05) is 18.8 Å². The number of ether oxygens (including phenoxy) is 1. The molecule has 0 fully saturated rings. The van der Waals surface area contributed by atoms with Gasteiger partial charge in [-0.05, 0) is 13.0 Å². The van der Waals surface area contributed by atoms with Crippen LogP contribution in [-0.2, 0) is 16.0 Å². The van der Waals surface area contributed by atoms with E-state index in [4.69, 9.17) is 10.5 Å². The molecule has 1 rings (SSSR count). The fourth-order valence-corrected chi connectivity index (χ4v) is 0.965. The molecule has 1 aromatic heterocycles. The van der Waals surface area contributed by atoms with E-state index in [1.165, 1.54) is 0 Å². The number of carbonyl (C=O) groups is 1. The third kappa shape index (κ3) is 5.85. The summed E-state index contributed by atoms with van der Waals surface area (Å²) in [6, 6.07) is 1.02. The Morgan fingerprint density at radius 2 is 2.00 bits per heavy atom. The lowest BCUT2D eigenvalue weighted by molar-refractivity contribution is -0.144. The van der Waals surface area contributed by atoms with Crippen molar-refractivity contribution < 1.29 is 9.53 Å². The van der Waals surface area contributed by atoms with E-state index in [0.717, 1.165) is 0 Å². The van der Waals surface area contributed by atoms with Gasteiger partial charge in [-0.2, -0.15) is 0 Å². The van der Waals surface area contributed by atoms with Crippen molar-refractivity contribution in [3.05, 3.63) is 24.3 Å². The minimum atomic E-state index is -0.683. The molecule has 2 N–H and O–H groups in total. The Balaban J connectivity index is 0. The Hall–Kier alpha value is -0.910. The lowest BCUT2D eigenvalue weighted by atomic mass is 10.2. The molecule has 16 heavy (non-hydrogen) atoms. The second-order valence-electron chi connectivity index (χ2n) is 2.73. The third-order valence-corrected chi connectivity index (χ3v) is 1.61. The Bertz CT molecular complexity index is 298. The molecule has 0 spiro atoms. The van der Waals surface area contributed by atoms with Crippen LogP contribution in [0, 0.1) is 0 Å². The van der Waals surface area contributed by atoms with Gasteiger partial charge in [0.05, 0.1) is 6.61 Å². The number of nitrogens with zero attached hydrogens (tertiary/aromatic N) is 2. The maximum atomic E-state index is 11.1. The van der Waals surface area contributed by atoms with Crippen molar-refractivity contribution in [3.8, 4) is 0 Å². The van der Waals surface area contributed by atoms with Crippen LogP contribution in [0.2, 0.25) is 0 Å². The second kappa shape index (κ2) is 9.33. The molecule has 0 aromatic carbocycles. The molecule has 92 valence electrons. The summed E-state index contributed by atoms with van der Waals surface area (Å²) in [6.07, 6.45) is 3.53. The molecule has 7 heteroatoms. The van der Waals surface area contributed by atoms with Crippen LogP contribution in [0.3, 0.4) is 0 Å². The maximum absolute atomic E-state index is 11.1. The average Bonchev–Trinajstić information content (AvgIpc) is 2.19. The highest BCUT2D eigenvalue weighted by atomic mass is 35.5. The van der Waals surface area contributed by atoms with Crippen molar-refractivity contribution in [1.82, 2.24) is 9.97 Å². The van der Waals surface area contributed by atoms with E-state index >= 15 is 0 Å². The normalized spacial score (nSPS) is 10.6. The molecule has 0 saturated carbocycles. The number of hydrogen-bond acceptors (Lipinski definition) is 5. The monoisotopic (exact) mass is 267 g/mol. The number of aromatic nitrogens is 2.